The molecule has 2 unspecified atom stereocenters. The number of carboxylic acid groups (broad SMARTS) is 1. The maximum absolute atomic E-state index is 13.6. The second-order valence-corrected chi connectivity index (χ2v) is 13.1. The monoisotopic (exact) mass is 623 g/mol. The maximum atomic E-state index is 13.6. The van der Waals surface area contributed by atoms with Crippen molar-refractivity contribution >= 4 is 27.2 Å². The number of methoxy groups -OCH3 is 1. The zero-order valence-corrected chi connectivity index (χ0v) is 25.5. The number of aliphatic hydroxyl groups excluding tert-OH is 1. The normalized spacial score (nSPS) is 16.2. The Morgan fingerprint density at radius 1 is 1.09 bits per heavy atom. The van der Waals surface area contributed by atoms with E-state index in [-0.39, 0.29) is 66.3 Å². The van der Waals surface area contributed by atoms with Crippen LogP contribution in [0.25, 0.3) is 11.2 Å². The Hall–Kier alpha value is -4.07. The van der Waals surface area contributed by atoms with Gasteiger partial charge in [0.15, 0.2) is 11.2 Å². The standard InChI is InChI=1S/C31H37N5O7S/c1-20(37)24(10-6-9-21-7-4-3-5-8-21)36-19-32-28-29(36)33-27(34-30(28)38)18-22-11-12-25(43-2)26(17-22)44(41,42)35-15-13-23(14-16-35)31(39)40/h3-5,7-8,11-12,17,19-20,23-24,37H,6,9-10,13-16,18H2,1-2H3,(H,39,40)(H,33,34,38). The minimum atomic E-state index is -3.98. The fraction of sp³-hybridized carbons (Fsp3) is 0.419. The van der Waals surface area contributed by atoms with Gasteiger partial charge in [-0.1, -0.05) is 36.4 Å². The zero-order valence-electron chi connectivity index (χ0n) is 24.7. The van der Waals surface area contributed by atoms with Crippen LogP contribution in [0.15, 0.2) is 59.8 Å². The summed E-state index contributed by atoms with van der Waals surface area (Å²) < 4.78 is 35.6. The van der Waals surface area contributed by atoms with Gasteiger partial charge in [-0.3, -0.25) is 4.79 Å². The third-order valence-electron chi connectivity index (χ3n) is 8.18. The van der Waals surface area contributed by atoms with Crippen LogP contribution in [0.1, 0.15) is 55.6 Å². The molecule has 2 aromatic heterocycles. The molecule has 1 aliphatic rings. The molecule has 4 aromatic rings. The maximum Gasteiger partial charge on any atom is 0.306 e. The van der Waals surface area contributed by atoms with Crippen molar-refractivity contribution in [2.75, 3.05) is 20.2 Å². The summed E-state index contributed by atoms with van der Waals surface area (Å²) in [5.41, 5.74) is 2.37. The largest absolute Gasteiger partial charge is 0.495 e. The summed E-state index contributed by atoms with van der Waals surface area (Å²) in [7, 11) is -2.59. The Morgan fingerprint density at radius 2 is 1.82 bits per heavy atom. The predicted molar refractivity (Wildman–Crippen MR) is 162 cm³/mol. The molecule has 0 saturated carbocycles. The number of fused-ring (bicyclic) bond motifs is 1. The Balaban J connectivity index is 1.40. The summed E-state index contributed by atoms with van der Waals surface area (Å²) in [6, 6.07) is 14.5. The van der Waals surface area contributed by atoms with Crippen LogP contribution < -0.4 is 4.74 Å². The van der Waals surface area contributed by atoms with E-state index in [1.807, 2.05) is 18.2 Å². The van der Waals surface area contributed by atoms with E-state index in [2.05, 4.69) is 27.1 Å². The van der Waals surface area contributed by atoms with E-state index in [0.717, 1.165) is 12.8 Å². The molecule has 44 heavy (non-hydrogen) atoms. The lowest BCUT2D eigenvalue weighted by molar-refractivity contribution is -0.142. The highest BCUT2D eigenvalue weighted by atomic mass is 32.2. The van der Waals surface area contributed by atoms with Crippen LogP contribution in [0.2, 0.25) is 0 Å². The van der Waals surface area contributed by atoms with Gasteiger partial charge in [-0.15, -0.1) is 0 Å². The minimum absolute atomic E-state index is 0.0331. The molecular formula is C31H37N5O7S. The molecule has 1 fully saturated rings. The lowest BCUT2D eigenvalue weighted by atomic mass is 9.99. The van der Waals surface area contributed by atoms with Gasteiger partial charge < -0.3 is 24.6 Å². The topological polar surface area (TPSA) is 168 Å². The van der Waals surface area contributed by atoms with E-state index < -0.39 is 28.0 Å². The van der Waals surface area contributed by atoms with E-state index >= 15 is 0 Å². The highest BCUT2D eigenvalue weighted by Crippen LogP contribution is 2.32. The van der Waals surface area contributed by atoms with Crippen molar-refractivity contribution in [1.29, 1.82) is 0 Å². The molecule has 3 heterocycles. The van der Waals surface area contributed by atoms with Crippen molar-refractivity contribution in [2.45, 2.75) is 62.5 Å². The van der Waals surface area contributed by atoms with Gasteiger partial charge in [-0.25, -0.2) is 18.4 Å². The fourth-order valence-electron chi connectivity index (χ4n) is 5.74. The summed E-state index contributed by atoms with van der Waals surface area (Å²) in [4.78, 5) is 24.5. The quantitative estimate of drug-likeness (QED) is 0.212. The average molecular weight is 624 g/mol. The van der Waals surface area contributed by atoms with Crippen LogP contribution in [-0.4, -0.2) is 79.8 Å². The molecule has 2 aromatic carbocycles. The number of hydrogen-bond acceptors (Lipinski definition) is 9. The minimum Gasteiger partial charge on any atom is -0.495 e. The van der Waals surface area contributed by atoms with Crippen LogP contribution >= 0.6 is 0 Å². The van der Waals surface area contributed by atoms with Crippen LogP contribution in [0, 0.1) is 5.92 Å². The number of ether oxygens (including phenoxy) is 1. The second kappa shape index (κ2) is 13.3. The number of aliphatic hydroxyl groups is 1. The van der Waals surface area contributed by atoms with Crippen molar-refractivity contribution in [1.82, 2.24) is 23.8 Å². The summed E-state index contributed by atoms with van der Waals surface area (Å²) >= 11 is 0. The predicted octanol–water partition coefficient (Wildman–Crippen LogP) is 3.56. The summed E-state index contributed by atoms with van der Waals surface area (Å²) in [5.74, 6) is -1.38. The van der Waals surface area contributed by atoms with Crippen molar-refractivity contribution in [2.24, 2.45) is 5.92 Å². The smallest absolute Gasteiger partial charge is 0.306 e. The van der Waals surface area contributed by atoms with Crippen molar-refractivity contribution in [3.05, 3.63) is 71.8 Å². The Bertz CT molecular complexity index is 1720. The average Bonchev–Trinajstić information content (AvgIpc) is 3.43. The third kappa shape index (κ3) is 6.69. The first-order chi connectivity index (χ1) is 21.1. The number of aromatic nitrogens is 4. The number of carbonyl (C=O) groups is 1. The molecule has 1 aliphatic heterocycles. The van der Waals surface area contributed by atoms with Gasteiger partial charge in [0.05, 0.1) is 31.5 Å². The third-order valence-corrected chi connectivity index (χ3v) is 10.1. The number of piperidine rings is 1. The van der Waals surface area contributed by atoms with Crippen LogP contribution in [-0.2, 0) is 27.7 Å². The number of sulfonamides is 1. The zero-order chi connectivity index (χ0) is 31.4. The number of aliphatic carboxylic acids is 1. The molecule has 0 amide bonds. The number of carboxylic acids is 1. The van der Waals surface area contributed by atoms with Gasteiger partial charge in [0.2, 0.25) is 15.9 Å². The van der Waals surface area contributed by atoms with Gasteiger partial charge >= 0.3 is 5.97 Å². The molecule has 0 bridgehead atoms. The molecule has 0 radical (unpaired) electrons. The molecule has 3 N–H and O–H groups in total. The van der Waals surface area contributed by atoms with Gasteiger partial charge in [-0.05, 0) is 62.3 Å². The molecule has 1 saturated heterocycles. The molecule has 2 atom stereocenters. The Kier molecular flexibility index (Phi) is 9.47. The molecule has 5 rings (SSSR count). The molecule has 234 valence electrons. The van der Waals surface area contributed by atoms with Crippen LogP contribution in [0.5, 0.6) is 11.6 Å². The van der Waals surface area contributed by atoms with Crippen LogP contribution in [0.3, 0.4) is 0 Å². The molecular weight excluding hydrogens is 586 g/mol. The Labute approximate surface area is 256 Å². The van der Waals surface area contributed by atoms with E-state index in [9.17, 15) is 28.5 Å². The van der Waals surface area contributed by atoms with Crippen molar-refractivity contribution in [3.8, 4) is 11.6 Å². The number of hydrogen-bond donors (Lipinski definition) is 3. The number of nitrogens with zero attached hydrogens (tertiary/aromatic N) is 5. The summed E-state index contributed by atoms with van der Waals surface area (Å²) in [6.07, 6.45) is 3.74. The van der Waals surface area contributed by atoms with Gasteiger partial charge in [-0.2, -0.15) is 9.29 Å². The van der Waals surface area contributed by atoms with Gasteiger partial charge in [0, 0.05) is 19.5 Å². The molecule has 13 heteroatoms. The number of benzene rings is 2. The first kappa shape index (κ1) is 31.4. The molecule has 0 aliphatic carbocycles. The van der Waals surface area contributed by atoms with E-state index in [1.54, 1.807) is 30.0 Å². The van der Waals surface area contributed by atoms with E-state index in [4.69, 9.17) is 4.74 Å². The van der Waals surface area contributed by atoms with Gasteiger partial charge in [0.25, 0.3) is 0 Å². The lowest BCUT2D eigenvalue weighted by Gasteiger charge is -2.29. The second-order valence-electron chi connectivity index (χ2n) is 11.2. The molecule has 0 spiro atoms. The van der Waals surface area contributed by atoms with Crippen LogP contribution in [0.4, 0.5) is 0 Å². The first-order valence-corrected chi connectivity index (χ1v) is 16.1. The number of aromatic hydroxyl groups is 1. The number of aryl methyl sites for hydroxylation is 1. The fourth-order valence-corrected chi connectivity index (χ4v) is 7.41. The van der Waals surface area contributed by atoms with E-state index in [0.29, 0.717) is 17.6 Å². The molecule has 12 nitrogen and oxygen atoms in total. The highest BCUT2D eigenvalue weighted by molar-refractivity contribution is 7.89. The number of imidazole rings is 1. The highest BCUT2D eigenvalue weighted by Gasteiger charge is 2.34. The first-order valence-electron chi connectivity index (χ1n) is 14.6. The summed E-state index contributed by atoms with van der Waals surface area (Å²) in [5, 5.41) is 30.7. The van der Waals surface area contributed by atoms with Crippen molar-refractivity contribution < 1.29 is 33.3 Å². The summed E-state index contributed by atoms with van der Waals surface area (Å²) in [6.45, 7) is 1.91. The van der Waals surface area contributed by atoms with Crippen molar-refractivity contribution in [3.63, 3.8) is 0 Å². The lowest BCUT2D eigenvalue weighted by Crippen LogP contribution is -2.40. The number of rotatable bonds is 12. The van der Waals surface area contributed by atoms with Gasteiger partial charge in [0.1, 0.15) is 16.5 Å². The SMILES string of the molecule is COc1ccc(Cc2nc(O)c3ncn(C(CCCc4ccccc4)C(C)O)c3n2)cc1S(=O)(=O)N1CCC(C(=O)O)CC1. The van der Waals surface area contributed by atoms with E-state index in [1.165, 1.54) is 23.0 Å². The Morgan fingerprint density at radius 3 is 2.48 bits per heavy atom.